The Kier molecular flexibility index (Phi) is 5.41. The van der Waals surface area contributed by atoms with Gasteiger partial charge in [-0.1, -0.05) is 12.1 Å². The number of nitrogens with two attached hydrogens (primary N) is 1. The Balaban J connectivity index is 1.77. The van der Waals surface area contributed by atoms with Gasteiger partial charge in [-0.15, -0.1) is 0 Å². The van der Waals surface area contributed by atoms with Gasteiger partial charge in [-0.25, -0.2) is 4.98 Å². The molecule has 0 atom stereocenters. The van der Waals surface area contributed by atoms with Crippen molar-refractivity contribution in [3.05, 3.63) is 89.6 Å². The summed E-state index contributed by atoms with van der Waals surface area (Å²) in [4.78, 5) is 16.6. The van der Waals surface area contributed by atoms with Crippen LogP contribution in [0.2, 0.25) is 0 Å². The summed E-state index contributed by atoms with van der Waals surface area (Å²) in [5, 5.41) is 12.3. The topological polar surface area (TPSA) is 88.2 Å². The molecule has 0 saturated heterocycles. The van der Waals surface area contributed by atoms with Gasteiger partial charge in [0.1, 0.15) is 5.82 Å². The number of benzene rings is 2. The van der Waals surface area contributed by atoms with Crippen LogP contribution in [0.1, 0.15) is 21.5 Å². The molecule has 26 heavy (non-hydrogen) atoms. The van der Waals surface area contributed by atoms with E-state index in [0.29, 0.717) is 17.1 Å². The van der Waals surface area contributed by atoms with E-state index < -0.39 is 0 Å². The molecular weight excluding hydrogens is 326 g/mol. The van der Waals surface area contributed by atoms with E-state index in [2.05, 4.69) is 10.3 Å². The summed E-state index contributed by atoms with van der Waals surface area (Å²) in [7, 11) is 0. The zero-order valence-corrected chi connectivity index (χ0v) is 14.1. The van der Waals surface area contributed by atoms with Gasteiger partial charge >= 0.3 is 0 Å². The standard InChI is InChI=1S/C21H19N3O2/c22-18-8-5-16(6-9-18)20(26)12-7-17-2-1-13-23-21(17)24-19-10-3-15(14-25)4-11-19/h1-13,25H,14,22H2,(H,23,24)/b12-7+. The van der Waals surface area contributed by atoms with Crippen LogP contribution in [0.3, 0.4) is 0 Å². The first kappa shape index (κ1) is 17.4. The van der Waals surface area contributed by atoms with Gasteiger partial charge in [-0.3, -0.25) is 4.79 Å². The second-order valence-electron chi connectivity index (χ2n) is 5.74. The number of ketones is 1. The Bertz CT molecular complexity index is 917. The number of pyridine rings is 1. The predicted octanol–water partition coefficient (Wildman–Crippen LogP) is 3.80. The Hall–Kier alpha value is -3.44. The number of anilines is 3. The Morgan fingerprint density at radius 3 is 2.50 bits per heavy atom. The van der Waals surface area contributed by atoms with Crippen LogP contribution in [-0.4, -0.2) is 15.9 Å². The molecule has 0 bridgehead atoms. The summed E-state index contributed by atoms with van der Waals surface area (Å²) in [6.07, 6.45) is 4.93. The highest BCUT2D eigenvalue weighted by Gasteiger charge is 2.04. The number of carbonyl (C=O) groups excluding carboxylic acids is 1. The van der Waals surface area contributed by atoms with Crippen LogP contribution >= 0.6 is 0 Å². The zero-order valence-electron chi connectivity index (χ0n) is 14.1. The molecular formula is C21H19N3O2. The van der Waals surface area contributed by atoms with E-state index in [-0.39, 0.29) is 12.4 Å². The summed E-state index contributed by atoms with van der Waals surface area (Å²) in [6.45, 7) is 0.00506. The van der Waals surface area contributed by atoms with Crippen LogP contribution in [0, 0.1) is 0 Å². The van der Waals surface area contributed by atoms with Crippen molar-refractivity contribution in [2.75, 3.05) is 11.1 Å². The summed E-state index contributed by atoms with van der Waals surface area (Å²) in [6, 6.07) is 17.9. The molecule has 4 N–H and O–H groups in total. The molecule has 0 spiro atoms. The maximum atomic E-state index is 12.3. The van der Waals surface area contributed by atoms with Crippen molar-refractivity contribution in [2.45, 2.75) is 6.61 Å². The number of allylic oxidation sites excluding steroid dienone is 1. The first-order valence-corrected chi connectivity index (χ1v) is 8.15. The number of rotatable bonds is 6. The Morgan fingerprint density at radius 2 is 1.81 bits per heavy atom. The largest absolute Gasteiger partial charge is 0.399 e. The molecule has 0 aliphatic carbocycles. The number of carbonyl (C=O) groups is 1. The van der Waals surface area contributed by atoms with Gasteiger partial charge in [0.2, 0.25) is 0 Å². The lowest BCUT2D eigenvalue weighted by atomic mass is 10.1. The number of nitrogens with one attached hydrogen (secondary N) is 1. The van der Waals surface area contributed by atoms with Crippen molar-refractivity contribution in [1.82, 2.24) is 4.98 Å². The average Bonchev–Trinajstić information content (AvgIpc) is 2.68. The predicted molar refractivity (Wildman–Crippen MR) is 104 cm³/mol. The molecule has 0 aliphatic rings. The van der Waals surface area contributed by atoms with E-state index in [9.17, 15) is 4.79 Å². The first-order chi connectivity index (χ1) is 12.7. The monoisotopic (exact) mass is 345 g/mol. The fourth-order valence-corrected chi connectivity index (χ4v) is 2.40. The second kappa shape index (κ2) is 8.09. The van der Waals surface area contributed by atoms with Crippen molar-refractivity contribution >= 4 is 29.1 Å². The molecule has 2 aromatic carbocycles. The fraction of sp³-hybridized carbons (Fsp3) is 0.0476. The van der Waals surface area contributed by atoms with Gasteiger partial charge < -0.3 is 16.2 Å². The summed E-state index contributed by atoms with van der Waals surface area (Å²) >= 11 is 0. The van der Waals surface area contributed by atoms with E-state index in [4.69, 9.17) is 10.8 Å². The van der Waals surface area contributed by atoms with E-state index in [1.807, 2.05) is 36.4 Å². The molecule has 0 aliphatic heterocycles. The van der Waals surface area contributed by atoms with Crippen molar-refractivity contribution in [1.29, 1.82) is 0 Å². The summed E-state index contributed by atoms with van der Waals surface area (Å²) in [5.74, 6) is 0.540. The highest BCUT2D eigenvalue weighted by Crippen LogP contribution is 2.20. The number of nitrogens with zero attached hydrogens (tertiary/aromatic N) is 1. The molecule has 0 unspecified atom stereocenters. The molecule has 3 rings (SSSR count). The lowest BCUT2D eigenvalue weighted by Gasteiger charge is -2.09. The zero-order chi connectivity index (χ0) is 18.4. The number of nitrogen functional groups attached to an aromatic ring is 1. The van der Waals surface area contributed by atoms with Crippen LogP contribution in [-0.2, 0) is 6.61 Å². The van der Waals surface area contributed by atoms with Gasteiger partial charge in [-0.2, -0.15) is 0 Å². The van der Waals surface area contributed by atoms with Crippen LogP contribution in [0.15, 0.2) is 72.9 Å². The molecule has 0 amide bonds. The fourth-order valence-electron chi connectivity index (χ4n) is 2.40. The molecule has 0 saturated carbocycles. The molecule has 130 valence electrons. The van der Waals surface area contributed by atoms with Crippen molar-refractivity contribution in [3.63, 3.8) is 0 Å². The number of aliphatic hydroxyl groups excluding tert-OH is 1. The van der Waals surface area contributed by atoms with Crippen molar-refractivity contribution in [3.8, 4) is 0 Å². The van der Waals surface area contributed by atoms with Gasteiger partial charge in [0.05, 0.1) is 6.61 Å². The van der Waals surface area contributed by atoms with E-state index in [1.54, 1.807) is 36.5 Å². The third-order valence-electron chi connectivity index (χ3n) is 3.85. The minimum atomic E-state index is -0.105. The minimum Gasteiger partial charge on any atom is -0.399 e. The van der Waals surface area contributed by atoms with Gasteiger partial charge in [0.25, 0.3) is 0 Å². The van der Waals surface area contributed by atoms with Gasteiger partial charge in [-0.05, 0) is 66.2 Å². The van der Waals surface area contributed by atoms with Crippen molar-refractivity contribution < 1.29 is 9.90 Å². The lowest BCUT2D eigenvalue weighted by molar-refractivity contribution is 0.104. The highest BCUT2D eigenvalue weighted by atomic mass is 16.3. The molecule has 0 radical (unpaired) electrons. The van der Waals surface area contributed by atoms with Gasteiger partial charge in [0, 0.05) is 28.7 Å². The summed E-state index contributed by atoms with van der Waals surface area (Å²) in [5.41, 5.74) is 9.32. The number of aliphatic hydroxyl groups is 1. The third kappa shape index (κ3) is 4.34. The molecule has 0 fully saturated rings. The number of hydrogen-bond acceptors (Lipinski definition) is 5. The molecule has 5 heteroatoms. The first-order valence-electron chi connectivity index (χ1n) is 8.15. The SMILES string of the molecule is Nc1ccc(C(=O)/C=C/c2cccnc2Nc2ccc(CO)cc2)cc1. The van der Waals surface area contributed by atoms with Crippen LogP contribution < -0.4 is 11.1 Å². The number of hydrogen-bond donors (Lipinski definition) is 3. The number of aromatic nitrogens is 1. The van der Waals surface area contributed by atoms with E-state index >= 15 is 0 Å². The van der Waals surface area contributed by atoms with Crippen LogP contribution in [0.25, 0.3) is 6.08 Å². The Labute approximate surface area is 151 Å². The highest BCUT2D eigenvalue weighted by molar-refractivity contribution is 6.07. The molecule has 5 nitrogen and oxygen atoms in total. The minimum absolute atomic E-state index is 0.00506. The maximum absolute atomic E-state index is 12.3. The van der Waals surface area contributed by atoms with Crippen molar-refractivity contribution in [2.24, 2.45) is 0 Å². The molecule has 1 aromatic heterocycles. The van der Waals surface area contributed by atoms with E-state index in [1.165, 1.54) is 6.08 Å². The quantitative estimate of drug-likeness (QED) is 0.359. The normalized spacial score (nSPS) is 10.8. The lowest BCUT2D eigenvalue weighted by Crippen LogP contribution is -1.98. The Morgan fingerprint density at radius 1 is 1.08 bits per heavy atom. The summed E-state index contributed by atoms with van der Waals surface area (Å²) < 4.78 is 0. The van der Waals surface area contributed by atoms with Crippen LogP contribution in [0.4, 0.5) is 17.2 Å². The maximum Gasteiger partial charge on any atom is 0.185 e. The average molecular weight is 345 g/mol. The smallest absolute Gasteiger partial charge is 0.185 e. The van der Waals surface area contributed by atoms with Crippen LogP contribution in [0.5, 0.6) is 0 Å². The second-order valence-corrected chi connectivity index (χ2v) is 5.74. The van der Waals surface area contributed by atoms with E-state index in [0.717, 1.165) is 16.8 Å². The van der Waals surface area contributed by atoms with Gasteiger partial charge in [0.15, 0.2) is 5.78 Å². The third-order valence-corrected chi connectivity index (χ3v) is 3.85. The molecule has 1 heterocycles. The molecule has 3 aromatic rings.